The van der Waals surface area contributed by atoms with Gasteiger partial charge in [-0.25, -0.2) is 0 Å². The second-order valence-electron chi connectivity index (χ2n) is 6.75. The summed E-state index contributed by atoms with van der Waals surface area (Å²) in [6.07, 6.45) is 17.1. The van der Waals surface area contributed by atoms with Crippen molar-refractivity contribution >= 4 is 21.6 Å². The Morgan fingerprint density at radius 2 is 1.68 bits per heavy atom. The molecule has 0 aromatic rings. The van der Waals surface area contributed by atoms with Crippen molar-refractivity contribution in [1.29, 1.82) is 0 Å². The molecule has 2 nitrogen and oxygen atoms in total. The lowest BCUT2D eigenvalue weighted by Crippen LogP contribution is -2.13. The monoisotopic (exact) mass is 387 g/mol. The molecule has 0 aliphatic carbocycles. The van der Waals surface area contributed by atoms with Gasteiger partial charge in [0.25, 0.3) is 0 Å². The second kappa shape index (κ2) is 20.3. The van der Waals surface area contributed by atoms with Crippen LogP contribution in [0.2, 0.25) is 0 Å². The molecule has 0 rings (SSSR count). The van der Waals surface area contributed by atoms with Crippen LogP contribution in [-0.4, -0.2) is 43.7 Å². The molecule has 0 amide bonds. The fraction of sp³-hybridized carbons (Fsp3) is 0.810. The van der Waals surface area contributed by atoms with Crippen molar-refractivity contribution in [2.45, 2.75) is 71.1 Å². The first-order valence-corrected chi connectivity index (χ1v) is 12.5. The molecule has 0 aromatic carbocycles. The zero-order valence-corrected chi connectivity index (χ0v) is 18.6. The maximum Gasteiger partial charge on any atom is 0.0888 e. The van der Waals surface area contributed by atoms with Crippen LogP contribution in [0, 0.1) is 0 Å². The van der Waals surface area contributed by atoms with E-state index in [0.29, 0.717) is 0 Å². The predicted octanol–water partition coefficient (Wildman–Crippen LogP) is 6.94. The minimum atomic E-state index is 0.819. The Labute approximate surface area is 165 Å². The first kappa shape index (κ1) is 24.9. The highest BCUT2D eigenvalue weighted by Crippen LogP contribution is 2.24. The van der Waals surface area contributed by atoms with Gasteiger partial charge in [0, 0.05) is 17.9 Å². The van der Waals surface area contributed by atoms with Crippen LogP contribution in [0.5, 0.6) is 0 Å². The Kier molecular flexibility index (Phi) is 20.2. The number of nitrogens with zero attached hydrogens (tertiary/aromatic N) is 1. The van der Waals surface area contributed by atoms with E-state index in [4.69, 9.17) is 4.74 Å². The number of allylic oxidation sites excluding steroid dienone is 3. The molecule has 0 radical (unpaired) electrons. The maximum atomic E-state index is 5.69. The van der Waals surface area contributed by atoms with Gasteiger partial charge in [-0.1, -0.05) is 66.5 Å². The van der Waals surface area contributed by atoms with E-state index < -0.39 is 0 Å². The number of hydrogen-bond acceptors (Lipinski definition) is 4. The van der Waals surface area contributed by atoms with Crippen LogP contribution in [0.1, 0.15) is 71.1 Å². The third-order valence-corrected chi connectivity index (χ3v) is 6.36. The van der Waals surface area contributed by atoms with Crippen molar-refractivity contribution in [1.82, 2.24) is 4.90 Å². The zero-order valence-electron chi connectivity index (χ0n) is 16.9. The van der Waals surface area contributed by atoms with Gasteiger partial charge in [-0.15, -0.1) is 0 Å². The van der Waals surface area contributed by atoms with Crippen molar-refractivity contribution in [3.05, 3.63) is 24.5 Å². The van der Waals surface area contributed by atoms with Crippen molar-refractivity contribution in [3.63, 3.8) is 0 Å². The molecular formula is C21H41NOS2. The number of ether oxygens (including phenoxy) is 1. The van der Waals surface area contributed by atoms with Gasteiger partial charge in [0.05, 0.1) is 12.4 Å². The molecule has 0 aliphatic rings. The van der Waals surface area contributed by atoms with E-state index in [9.17, 15) is 0 Å². The van der Waals surface area contributed by atoms with Gasteiger partial charge in [-0.05, 0) is 59.2 Å². The quantitative estimate of drug-likeness (QED) is 0.103. The number of unbranched alkanes of at least 4 members (excludes halogenated alkanes) is 5. The molecule has 0 unspecified atom stereocenters. The van der Waals surface area contributed by atoms with Crippen LogP contribution in [0.3, 0.4) is 0 Å². The van der Waals surface area contributed by atoms with E-state index in [2.05, 4.69) is 44.6 Å². The number of hydrogen-bond donors (Lipinski definition) is 0. The largest absolute Gasteiger partial charge is 0.499 e. The normalized spacial score (nSPS) is 11.5. The Bertz CT molecular complexity index is 319. The minimum Gasteiger partial charge on any atom is -0.499 e. The Balaban J connectivity index is 3.21. The summed E-state index contributed by atoms with van der Waals surface area (Å²) in [6, 6.07) is 0. The van der Waals surface area contributed by atoms with Gasteiger partial charge < -0.3 is 9.64 Å². The van der Waals surface area contributed by atoms with Crippen LogP contribution in [0.25, 0.3) is 0 Å². The van der Waals surface area contributed by atoms with Crippen molar-refractivity contribution in [3.8, 4) is 0 Å². The molecule has 0 N–H and O–H groups in total. The lowest BCUT2D eigenvalue weighted by molar-refractivity contribution is 0.194. The van der Waals surface area contributed by atoms with Gasteiger partial charge in [0.2, 0.25) is 0 Å². The summed E-state index contributed by atoms with van der Waals surface area (Å²) in [5, 5.41) is 0. The summed E-state index contributed by atoms with van der Waals surface area (Å²) in [5.74, 6) is 3.37. The van der Waals surface area contributed by atoms with Crippen molar-refractivity contribution < 1.29 is 4.74 Å². The summed E-state index contributed by atoms with van der Waals surface area (Å²) in [4.78, 5) is 2.22. The van der Waals surface area contributed by atoms with E-state index >= 15 is 0 Å². The third kappa shape index (κ3) is 21.9. The summed E-state index contributed by atoms with van der Waals surface area (Å²) in [7, 11) is 8.20. The SMILES string of the molecule is C=C(CCCSSCC/C=C\CCCCCC)OCCCCN(C)C. The Morgan fingerprint density at radius 1 is 0.920 bits per heavy atom. The fourth-order valence-corrected chi connectivity index (χ4v) is 4.39. The average molecular weight is 388 g/mol. The fourth-order valence-electron chi connectivity index (χ4n) is 2.31. The molecule has 0 saturated heterocycles. The molecule has 0 spiro atoms. The van der Waals surface area contributed by atoms with Crippen LogP contribution in [0.15, 0.2) is 24.5 Å². The highest BCUT2D eigenvalue weighted by atomic mass is 33.1. The maximum absolute atomic E-state index is 5.69. The lowest BCUT2D eigenvalue weighted by atomic mass is 10.1. The molecule has 148 valence electrons. The molecule has 0 aromatic heterocycles. The molecule has 0 heterocycles. The van der Waals surface area contributed by atoms with Crippen LogP contribution >= 0.6 is 21.6 Å². The molecule has 0 saturated carbocycles. The van der Waals surface area contributed by atoms with Gasteiger partial charge >= 0.3 is 0 Å². The minimum absolute atomic E-state index is 0.819. The predicted molar refractivity (Wildman–Crippen MR) is 120 cm³/mol. The summed E-state index contributed by atoms with van der Waals surface area (Å²) < 4.78 is 5.69. The van der Waals surface area contributed by atoms with Gasteiger partial charge in [-0.3, -0.25) is 0 Å². The van der Waals surface area contributed by atoms with Crippen molar-refractivity contribution in [2.24, 2.45) is 0 Å². The van der Waals surface area contributed by atoms with Crippen molar-refractivity contribution in [2.75, 3.05) is 38.8 Å². The van der Waals surface area contributed by atoms with Gasteiger partial charge in [0.1, 0.15) is 0 Å². The molecule has 4 heteroatoms. The summed E-state index contributed by atoms with van der Waals surface area (Å²) in [6.45, 7) is 8.24. The molecule has 0 bridgehead atoms. The lowest BCUT2D eigenvalue weighted by Gasteiger charge is -2.11. The molecule has 0 aliphatic heterocycles. The second-order valence-corrected chi connectivity index (χ2v) is 9.46. The highest BCUT2D eigenvalue weighted by Gasteiger charge is 1.98. The molecule has 0 atom stereocenters. The molecule has 0 fully saturated rings. The van der Waals surface area contributed by atoms with Crippen LogP contribution < -0.4 is 0 Å². The Morgan fingerprint density at radius 3 is 2.44 bits per heavy atom. The van der Waals surface area contributed by atoms with E-state index in [1.165, 1.54) is 62.9 Å². The zero-order chi connectivity index (χ0) is 18.6. The number of rotatable bonds is 19. The van der Waals surface area contributed by atoms with Crippen LogP contribution in [0.4, 0.5) is 0 Å². The van der Waals surface area contributed by atoms with Crippen LogP contribution in [-0.2, 0) is 4.74 Å². The third-order valence-electron chi connectivity index (χ3n) is 3.83. The van der Waals surface area contributed by atoms with E-state index in [0.717, 1.165) is 31.8 Å². The first-order chi connectivity index (χ1) is 12.2. The van der Waals surface area contributed by atoms with Gasteiger partial charge in [-0.2, -0.15) is 0 Å². The smallest absolute Gasteiger partial charge is 0.0888 e. The molecule has 25 heavy (non-hydrogen) atoms. The topological polar surface area (TPSA) is 12.5 Å². The first-order valence-electron chi connectivity index (χ1n) is 10.0. The average Bonchev–Trinajstić information content (AvgIpc) is 2.58. The summed E-state index contributed by atoms with van der Waals surface area (Å²) >= 11 is 0. The van der Waals surface area contributed by atoms with E-state index in [1.807, 2.05) is 21.6 Å². The van der Waals surface area contributed by atoms with Gasteiger partial charge in [0.15, 0.2) is 0 Å². The van der Waals surface area contributed by atoms with E-state index in [-0.39, 0.29) is 0 Å². The van der Waals surface area contributed by atoms with E-state index in [1.54, 1.807) is 0 Å². The Hall–Kier alpha value is -0.0600. The molecular weight excluding hydrogens is 346 g/mol. The standard InChI is InChI=1S/C21H41NOS2/c1-5-6-7-8-9-10-11-14-19-24-25-20-15-16-21(2)23-18-13-12-17-22(3)4/h10-11H,2,5-9,12-20H2,1,3-4H3/b11-10-. The highest BCUT2D eigenvalue weighted by molar-refractivity contribution is 8.76. The summed E-state index contributed by atoms with van der Waals surface area (Å²) in [5.41, 5.74) is 0.